The highest BCUT2D eigenvalue weighted by Gasteiger charge is 2.30. The second-order valence-corrected chi connectivity index (χ2v) is 9.53. The minimum atomic E-state index is -1.28. The highest BCUT2D eigenvalue weighted by Crippen LogP contribution is 2.14. The number of aliphatic hydroxyl groups excluding tert-OH is 1. The van der Waals surface area contributed by atoms with Crippen molar-refractivity contribution in [2.24, 2.45) is 0 Å². The topological polar surface area (TPSA) is 194 Å². The Labute approximate surface area is 236 Å². The Kier molecular flexibility index (Phi) is 11.6. The number of carboxylic acids is 1. The van der Waals surface area contributed by atoms with Gasteiger partial charge in [-0.3, -0.25) is 29.5 Å². The Hall–Kier alpha value is -4.46. The molecule has 0 spiro atoms. The first kappa shape index (κ1) is 31.1. The van der Waals surface area contributed by atoms with Crippen molar-refractivity contribution < 1.29 is 39.0 Å². The molecule has 0 bridgehead atoms. The molecular formula is C28H33N5O8. The molecule has 3 amide bonds. The molecule has 13 heteroatoms. The molecule has 1 saturated heterocycles. The number of nitrogens with zero attached hydrogens (tertiary/aromatic N) is 1. The van der Waals surface area contributed by atoms with E-state index < -0.39 is 42.7 Å². The van der Waals surface area contributed by atoms with Gasteiger partial charge in [-0.25, -0.2) is 5.43 Å². The summed E-state index contributed by atoms with van der Waals surface area (Å²) >= 11 is 0. The van der Waals surface area contributed by atoms with Crippen LogP contribution >= 0.6 is 0 Å². The number of rotatable bonds is 14. The summed E-state index contributed by atoms with van der Waals surface area (Å²) in [5.74, 6) is -2.38. The van der Waals surface area contributed by atoms with Gasteiger partial charge in [-0.2, -0.15) is 0 Å². The average molecular weight is 568 g/mol. The normalized spacial score (nSPS) is 17.0. The molecule has 0 saturated carbocycles. The van der Waals surface area contributed by atoms with Gasteiger partial charge >= 0.3 is 5.97 Å². The fourth-order valence-electron chi connectivity index (χ4n) is 4.23. The molecule has 2 aromatic rings. The number of hydrogen-bond acceptors (Lipinski definition) is 9. The Morgan fingerprint density at radius 1 is 0.951 bits per heavy atom. The Balaban J connectivity index is 1.47. The van der Waals surface area contributed by atoms with E-state index in [-0.39, 0.29) is 30.2 Å². The Morgan fingerprint density at radius 3 is 2.24 bits per heavy atom. The number of aliphatic carboxylic acids is 1. The van der Waals surface area contributed by atoms with E-state index in [2.05, 4.69) is 21.4 Å². The van der Waals surface area contributed by atoms with Crippen LogP contribution in [0.5, 0.6) is 0 Å². The maximum Gasteiger partial charge on any atom is 0.305 e. The van der Waals surface area contributed by atoms with E-state index in [0.717, 1.165) is 0 Å². The molecule has 2 unspecified atom stereocenters. The number of carboxylic acid groups (broad SMARTS) is 1. The second kappa shape index (κ2) is 15.4. The number of aliphatic hydroxyl groups is 1. The highest BCUT2D eigenvalue weighted by atomic mass is 16.4. The van der Waals surface area contributed by atoms with Crippen LogP contribution in [-0.2, 0) is 19.2 Å². The van der Waals surface area contributed by atoms with Crippen LogP contribution < -0.4 is 21.4 Å². The predicted octanol–water partition coefficient (Wildman–Crippen LogP) is 0.462. The van der Waals surface area contributed by atoms with Crippen molar-refractivity contribution in [3.05, 3.63) is 65.7 Å². The zero-order chi connectivity index (χ0) is 29.8. The van der Waals surface area contributed by atoms with Crippen LogP contribution in [0.25, 0.3) is 0 Å². The lowest BCUT2D eigenvalue weighted by Gasteiger charge is -2.37. The lowest BCUT2D eigenvalue weighted by atomic mass is 10.1. The number of benzene rings is 2. The molecule has 1 aliphatic rings. The summed E-state index contributed by atoms with van der Waals surface area (Å²) in [6, 6.07) is 12.1. The van der Waals surface area contributed by atoms with Crippen molar-refractivity contribution in [1.29, 1.82) is 0 Å². The summed E-state index contributed by atoms with van der Waals surface area (Å²) in [6.07, 6.45) is 0.143. The molecule has 2 aromatic carbocycles. The number of carbonyl (C=O) groups excluding carboxylic acids is 5. The van der Waals surface area contributed by atoms with E-state index in [4.69, 9.17) is 5.11 Å². The largest absolute Gasteiger partial charge is 0.481 e. The van der Waals surface area contributed by atoms with Crippen molar-refractivity contribution in [3.8, 4) is 0 Å². The molecule has 0 aromatic heterocycles. The van der Waals surface area contributed by atoms with Crippen LogP contribution in [0, 0.1) is 0 Å². The fraction of sp³-hybridized carbons (Fsp3) is 0.357. The molecule has 6 N–H and O–H groups in total. The first-order valence-corrected chi connectivity index (χ1v) is 13.1. The maximum atomic E-state index is 12.8. The van der Waals surface area contributed by atoms with E-state index in [9.17, 15) is 33.9 Å². The van der Waals surface area contributed by atoms with Gasteiger partial charge in [-0.05, 0) is 55.7 Å². The predicted molar refractivity (Wildman–Crippen MR) is 147 cm³/mol. The summed E-state index contributed by atoms with van der Waals surface area (Å²) in [7, 11) is 0. The van der Waals surface area contributed by atoms with Crippen LogP contribution in [0.3, 0.4) is 0 Å². The number of hydrogen-bond donors (Lipinski definition) is 6. The Bertz CT molecular complexity index is 1220. The smallest absolute Gasteiger partial charge is 0.305 e. The van der Waals surface area contributed by atoms with Gasteiger partial charge < -0.3 is 30.4 Å². The molecule has 218 valence electrons. The molecule has 3 rings (SSSR count). The minimum Gasteiger partial charge on any atom is -0.481 e. The highest BCUT2D eigenvalue weighted by molar-refractivity contribution is 6.04. The third-order valence-electron chi connectivity index (χ3n) is 6.44. The number of nitrogens with one attached hydrogen (secondary N) is 4. The van der Waals surface area contributed by atoms with Crippen LogP contribution in [0.4, 0.5) is 5.69 Å². The number of carbonyl (C=O) groups is 6. The zero-order valence-corrected chi connectivity index (χ0v) is 22.2. The molecule has 41 heavy (non-hydrogen) atoms. The van der Waals surface area contributed by atoms with Gasteiger partial charge in [0.25, 0.3) is 11.8 Å². The summed E-state index contributed by atoms with van der Waals surface area (Å²) in [5.41, 5.74) is 4.12. The summed E-state index contributed by atoms with van der Waals surface area (Å²) in [4.78, 5) is 71.2. The molecule has 0 radical (unpaired) electrons. The summed E-state index contributed by atoms with van der Waals surface area (Å²) < 4.78 is 0. The minimum absolute atomic E-state index is 0.0365. The van der Waals surface area contributed by atoms with E-state index in [1.54, 1.807) is 42.5 Å². The molecule has 1 heterocycles. The lowest BCUT2D eigenvalue weighted by molar-refractivity contribution is -0.139. The standard InChI is InChI=1S/C28H33N5O8/c34-16-21(30-27(40)19-8-10-20(11-9-19)29-26(39)18-5-2-1-3-6-18)12-13-24(36)33-14-4-7-23(32-33)28(41)31-22(17-35)15-25(37)38/h1-3,5-6,8-11,16-17,21-23,28,31-32,41H,4,7,12-15H2,(H,29,39)(H,30,40)(H,37,38)/t21?,22-,23-,28?/m0/s1. The van der Waals surface area contributed by atoms with Gasteiger partial charge in [0.15, 0.2) is 0 Å². The van der Waals surface area contributed by atoms with Gasteiger partial charge in [0.2, 0.25) is 5.91 Å². The van der Waals surface area contributed by atoms with Crippen LogP contribution in [0.2, 0.25) is 0 Å². The number of hydrazine groups is 1. The van der Waals surface area contributed by atoms with Crippen molar-refractivity contribution in [1.82, 2.24) is 21.1 Å². The third kappa shape index (κ3) is 9.60. The van der Waals surface area contributed by atoms with E-state index >= 15 is 0 Å². The average Bonchev–Trinajstić information content (AvgIpc) is 2.99. The number of anilines is 1. The molecule has 1 fully saturated rings. The monoisotopic (exact) mass is 567 g/mol. The van der Waals surface area contributed by atoms with Gasteiger partial charge in [0.05, 0.1) is 24.5 Å². The van der Waals surface area contributed by atoms with Crippen LogP contribution in [0.15, 0.2) is 54.6 Å². The molecular weight excluding hydrogens is 534 g/mol. The second-order valence-electron chi connectivity index (χ2n) is 9.53. The summed E-state index contributed by atoms with van der Waals surface area (Å²) in [5, 5.41) is 28.4. The maximum absolute atomic E-state index is 12.8. The number of aldehydes is 2. The van der Waals surface area contributed by atoms with Crippen molar-refractivity contribution >= 4 is 42.0 Å². The SMILES string of the molecule is O=CC(CCC(=O)N1CCC[C@@H](C(O)N[C@H](C=O)CC(=O)O)N1)NC(=O)c1ccc(NC(=O)c2ccccc2)cc1. The van der Waals surface area contributed by atoms with Gasteiger partial charge in [0, 0.05) is 29.8 Å². The molecule has 1 aliphatic heterocycles. The van der Waals surface area contributed by atoms with E-state index in [0.29, 0.717) is 43.2 Å². The first-order chi connectivity index (χ1) is 19.7. The van der Waals surface area contributed by atoms with E-state index in [1.807, 2.05) is 0 Å². The Morgan fingerprint density at radius 2 is 1.61 bits per heavy atom. The molecule has 0 aliphatic carbocycles. The van der Waals surface area contributed by atoms with Crippen molar-refractivity contribution in [3.63, 3.8) is 0 Å². The van der Waals surface area contributed by atoms with Gasteiger partial charge in [-0.15, -0.1) is 0 Å². The zero-order valence-electron chi connectivity index (χ0n) is 22.2. The van der Waals surface area contributed by atoms with Crippen molar-refractivity contribution in [2.45, 2.75) is 56.5 Å². The lowest BCUT2D eigenvalue weighted by Crippen LogP contribution is -2.60. The van der Waals surface area contributed by atoms with E-state index in [1.165, 1.54) is 17.1 Å². The van der Waals surface area contributed by atoms with Crippen LogP contribution in [-0.4, -0.2) is 82.4 Å². The summed E-state index contributed by atoms with van der Waals surface area (Å²) in [6.45, 7) is 0.347. The van der Waals surface area contributed by atoms with Gasteiger partial charge in [-0.1, -0.05) is 18.2 Å². The third-order valence-corrected chi connectivity index (χ3v) is 6.44. The number of amides is 3. The fourth-order valence-corrected chi connectivity index (χ4v) is 4.23. The molecule has 13 nitrogen and oxygen atoms in total. The first-order valence-electron chi connectivity index (χ1n) is 13.1. The van der Waals surface area contributed by atoms with Crippen LogP contribution in [0.1, 0.15) is 52.8 Å². The molecule has 4 atom stereocenters. The van der Waals surface area contributed by atoms with Crippen molar-refractivity contribution in [2.75, 3.05) is 11.9 Å². The van der Waals surface area contributed by atoms with Gasteiger partial charge in [0.1, 0.15) is 18.8 Å². The quantitative estimate of drug-likeness (QED) is 0.138.